The van der Waals surface area contributed by atoms with E-state index in [0.717, 1.165) is 22.3 Å². The SMILES string of the molecule is O=C(Cc1ccc(NC(=O)OCC2c3ccccc3-c3ccccc32)cn1)N[C@H](CO)C(=O)O. The number of rotatable bonds is 8. The zero-order valence-electron chi connectivity index (χ0n) is 18.1. The van der Waals surface area contributed by atoms with Crippen LogP contribution in [-0.4, -0.2) is 52.4 Å². The Balaban J connectivity index is 1.32. The number of aliphatic hydroxyl groups is 1. The summed E-state index contributed by atoms with van der Waals surface area (Å²) in [7, 11) is 0. The van der Waals surface area contributed by atoms with Crippen molar-refractivity contribution in [1.82, 2.24) is 10.3 Å². The first-order chi connectivity index (χ1) is 16.5. The largest absolute Gasteiger partial charge is 0.480 e. The molecule has 0 spiro atoms. The van der Waals surface area contributed by atoms with Crippen LogP contribution >= 0.6 is 0 Å². The molecule has 4 N–H and O–H groups in total. The maximum absolute atomic E-state index is 12.4. The third-order valence-electron chi connectivity index (χ3n) is 5.57. The third kappa shape index (κ3) is 5.05. The first-order valence-electron chi connectivity index (χ1n) is 10.7. The van der Waals surface area contributed by atoms with Gasteiger partial charge in [0.1, 0.15) is 12.6 Å². The normalized spacial score (nSPS) is 12.9. The number of fused-ring (bicyclic) bond motifs is 3. The van der Waals surface area contributed by atoms with Crippen molar-refractivity contribution in [3.05, 3.63) is 83.7 Å². The summed E-state index contributed by atoms with van der Waals surface area (Å²) in [5, 5.41) is 22.7. The Morgan fingerprint density at radius 2 is 1.62 bits per heavy atom. The maximum Gasteiger partial charge on any atom is 0.411 e. The lowest BCUT2D eigenvalue weighted by atomic mass is 9.98. The van der Waals surface area contributed by atoms with Gasteiger partial charge in [0.25, 0.3) is 0 Å². The maximum atomic E-state index is 12.4. The molecular weight excluding hydrogens is 438 g/mol. The fraction of sp³-hybridized carbons (Fsp3) is 0.200. The Kier molecular flexibility index (Phi) is 6.84. The number of carbonyl (C=O) groups is 3. The molecule has 2 aromatic carbocycles. The molecule has 3 aromatic rings. The lowest BCUT2D eigenvalue weighted by Gasteiger charge is -2.14. The number of carboxylic acids is 1. The molecule has 1 aliphatic rings. The first-order valence-corrected chi connectivity index (χ1v) is 10.7. The van der Waals surface area contributed by atoms with Crippen molar-refractivity contribution in [3.63, 3.8) is 0 Å². The Bertz CT molecular complexity index is 1170. The molecule has 0 bridgehead atoms. The molecule has 174 valence electrons. The molecule has 0 saturated heterocycles. The molecule has 0 radical (unpaired) electrons. The molecule has 1 atom stereocenters. The molecule has 34 heavy (non-hydrogen) atoms. The molecule has 0 saturated carbocycles. The number of aromatic nitrogens is 1. The number of carbonyl (C=O) groups excluding carboxylic acids is 2. The molecule has 1 heterocycles. The Labute approximate surface area is 195 Å². The van der Waals surface area contributed by atoms with E-state index >= 15 is 0 Å². The molecular formula is C25H23N3O6. The van der Waals surface area contributed by atoms with Crippen molar-refractivity contribution in [2.75, 3.05) is 18.5 Å². The van der Waals surface area contributed by atoms with Gasteiger partial charge in [0.05, 0.1) is 24.9 Å². The first kappa shape index (κ1) is 22.9. The third-order valence-corrected chi connectivity index (χ3v) is 5.57. The fourth-order valence-electron chi connectivity index (χ4n) is 3.95. The van der Waals surface area contributed by atoms with Gasteiger partial charge in [-0.1, -0.05) is 48.5 Å². The number of carboxylic acid groups (broad SMARTS) is 1. The van der Waals surface area contributed by atoms with Crippen LogP contribution in [0.1, 0.15) is 22.7 Å². The number of benzene rings is 2. The molecule has 0 unspecified atom stereocenters. The predicted octanol–water partition coefficient (Wildman–Crippen LogP) is 2.55. The smallest absolute Gasteiger partial charge is 0.411 e. The molecule has 2 amide bonds. The fourth-order valence-corrected chi connectivity index (χ4v) is 3.95. The number of anilines is 1. The van der Waals surface area contributed by atoms with E-state index in [0.29, 0.717) is 11.4 Å². The predicted molar refractivity (Wildman–Crippen MR) is 123 cm³/mol. The molecule has 1 aromatic heterocycles. The standard InChI is InChI=1S/C25H23N3O6/c29-13-22(24(31)32)28-23(30)11-15-9-10-16(12-26-15)27-25(33)34-14-21-19-7-3-1-5-17(19)18-6-2-4-8-20(18)21/h1-10,12,21-22,29H,11,13-14H2,(H,27,33)(H,28,30)(H,31,32)/t22-/m1/s1. The molecule has 9 heteroatoms. The number of hydrogen-bond acceptors (Lipinski definition) is 6. The van der Waals surface area contributed by atoms with Crippen LogP contribution in [0.5, 0.6) is 0 Å². The van der Waals surface area contributed by atoms with Crippen molar-refractivity contribution in [2.24, 2.45) is 0 Å². The number of nitrogens with zero attached hydrogens (tertiary/aromatic N) is 1. The number of aliphatic carboxylic acids is 1. The minimum Gasteiger partial charge on any atom is -0.480 e. The monoisotopic (exact) mass is 461 g/mol. The molecule has 9 nitrogen and oxygen atoms in total. The van der Waals surface area contributed by atoms with Crippen molar-refractivity contribution in [2.45, 2.75) is 18.4 Å². The van der Waals surface area contributed by atoms with Crippen LogP contribution < -0.4 is 10.6 Å². The van der Waals surface area contributed by atoms with Gasteiger partial charge in [0, 0.05) is 11.6 Å². The van der Waals surface area contributed by atoms with Crippen LogP contribution in [0.25, 0.3) is 11.1 Å². The van der Waals surface area contributed by atoms with Crippen LogP contribution in [0.15, 0.2) is 66.9 Å². The summed E-state index contributed by atoms with van der Waals surface area (Å²) >= 11 is 0. The minimum absolute atomic E-state index is 0.0503. The highest BCUT2D eigenvalue weighted by Gasteiger charge is 2.29. The number of hydrogen-bond donors (Lipinski definition) is 4. The van der Waals surface area contributed by atoms with Crippen LogP contribution in [0.3, 0.4) is 0 Å². The highest BCUT2D eigenvalue weighted by Crippen LogP contribution is 2.44. The summed E-state index contributed by atoms with van der Waals surface area (Å²) < 4.78 is 5.50. The zero-order valence-corrected chi connectivity index (χ0v) is 18.1. The van der Waals surface area contributed by atoms with Crippen molar-refractivity contribution >= 4 is 23.7 Å². The van der Waals surface area contributed by atoms with Crippen LogP contribution in [0.2, 0.25) is 0 Å². The summed E-state index contributed by atoms with van der Waals surface area (Å²) in [6.07, 6.45) is 0.584. The average Bonchev–Trinajstić information content (AvgIpc) is 3.16. The van der Waals surface area contributed by atoms with Crippen molar-refractivity contribution < 1.29 is 29.3 Å². The van der Waals surface area contributed by atoms with E-state index in [4.69, 9.17) is 14.9 Å². The van der Waals surface area contributed by atoms with E-state index in [9.17, 15) is 14.4 Å². The summed E-state index contributed by atoms with van der Waals surface area (Å²) in [6, 6.07) is 17.9. The van der Waals surface area contributed by atoms with E-state index in [1.807, 2.05) is 36.4 Å². The number of amides is 2. The van der Waals surface area contributed by atoms with E-state index in [-0.39, 0.29) is 18.9 Å². The van der Waals surface area contributed by atoms with Gasteiger partial charge >= 0.3 is 12.1 Å². The van der Waals surface area contributed by atoms with E-state index in [1.54, 1.807) is 6.07 Å². The molecule has 0 aliphatic heterocycles. The lowest BCUT2D eigenvalue weighted by Crippen LogP contribution is -2.44. The number of ether oxygens (including phenoxy) is 1. The highest BCUT2D eigenvalue weighted by molar-refractivity contribution is 5.86. The Morgan fingerprint density at radius 3 is 2.18 bits per heavy atom. The van der Waals surface area contributed by atoms with Gasteiger partial charge < -0.3 is 20.3 Å². The summed E-state index contributed by atoms with van der Waals surface area (Å²) in [5.41, 5.74) is 5.28. The quantitative estimate of drug-likeness (QED) is 0.404. The molecule has 1 aliphatic carbocycles. The summed E-state index contributed by atoms with van der Waals surface area (Å²) in [5.74, 6) is -1.97. The summed E-state index contributed by atoms with van der Waals surface area (Å²) in [6.45, 7) is -0.529. The number of aliphatic hydroxyl groups excluding tert-OH is 1. The topological polar surface area (TPSA) is 138 Å². The second-order valence-corrected chi connectivity index (χ2v) is 7.81. The van der Waals surface area contributed by atoms with Gasteiger partial charge in [-0.15, -0.1) is 0 Å². The van der Waals surface area contributed by atoms with E-state index in [1.165, 1.54) is 12.3 Å². The lowest BCUT2D eigenvalue weighted by molar-refractivity contribution is -0.142. The second-order valence-electron chi connectivity index (χ2n) is 7.81. The Hall–Kier alpha value is -4.24. The van der Waals surface area contributed by atoms with Crippen molar-refractivity contribution in [3.8, 4) is 11.1 Å². The van der Waals surface area contributed by atoms with Crippen LogP contribution in [0.4, 0.5) is 10.5 Å². The van der Waals surface area contributed by atoms with E-state index < -0.39 is 30.6 Å². The highest BCUT2D eigenvalue weighted by atomic mass is 16.5. The number of nitrogens with one attached hydrogen (secondary N) is 2. The minimum atomic E-state index is -1.37. The van der Waals surface area contributed by atoms with E-state index in [2.05, 4.69) is 27.8 Å². The van der Waals surface area contributed by atoms with Gasteiger partial charge in [-0.2, -0.15) is 0 Å². The summed E-state index contributed by atoms with van der Waals surface area (Å²) in [4.78, 5) is 39.3. The van der Waals surface area contributed by atoms with Gasteiger partial charge in [0.2, 0.25) is 5.91 Å². The second kappa shape index (κ2) is 10.1. The van der Waals surface area contributed by atoms with Gasteiger partial charge in [-0.3, -0.25) is 15.1 Å². The van der Waals surface area contributed by atoms with Gasteiger partial charge in [-0.25, -0.2) is 9.59 Å². The zero-order chi connectivity index (χ0) is 24.1. The Morgan fingerprint density at radius 1 is 0.971 bits per heavy atom. The van der Waals surface area contributed by atoms with Gasteiger partial charge in [0.15, 0.2) is 0 Å². The van der Waals surface area contributed by atoms with Crippen LogP contribution in [0, 0.1) is 0 Å². The number of pyridine rings is 1. The molecule has 4 rings (SSSR count). The van der Waals surface area contributed by atoms with Crippen LogP contribution in [-0.2, 0) is 20.7 Å². The van der Waals surface area contributed by atoms with Gasteiger partial charge in [-0.05, 0) is 34.4 Å². The average molecular weight is 461 g/mol. The molecule has 0 fully saturated rings. The van der Waals surface area contributed by atoms with Crippen molar-refractivity contribution in [1.29, 1.82) is 0 Å².